The number of hydrogen-bond donors (Lipinski definition) is 4. The number of anilines is 1. The van der Waals surface area contributed by atoms with E-state index in [0.717, 1.165) is 60.7 Å². The van der Waals surface area contributed by atoms with Crippen LogP contribution < -0.4 is 20.7 Å². The Balaban J connectivity index is 1.07. The number of fused-ring (bicyclic) bond motifs is 2. The molecule has 4 aliphatic heterocycles. The molecule has 1 aromatic heterocycles. The Morgan fingerprint density at radius 2 is 1.95 bits per heavy atom. The summed E-state index contributed by atoms with van der Waals surface area (Å²) in [6.07, 6.45) is 5.45. The molecule has 0 saturated carbocycles. The molecule has 0 bridgehead atoms. The van der Waals surface area contributed by atoms with Gasteiger partial charge in [0.25, 0.3) is 5.91 Å². The van der Waals surface area contributed by atoms with Crippen molar-refractivity contribution in [3.05, 3.63) is 59.5 Å². The Bertz CT molecular complexity index is 1600. The molecule has 4 N–H and O–H groups in total. The fourth-order valence-electron chi connectivity index (χ4n) is 6.23. The number of amidine groups is 1. The van der Waals surface area contributed by atoms with Crippen molar-refractivity contribution in [2.75, 3.05) is 25.0 Å². The van der Waals surface area contributed by atoms with Gasteiger partial charge in [0.05, 0.1) is 47.8 Å². The third kappa shape index (κ3) is 5.45. The molecule has 2 saturated heterocycles. The van der Waals surface area contributed by atoms with Gasteiger partial charge in [0.2, 0.25) is 0 Å². The first-order valence-corrected chi connectivity index (χ1v) is 15.1. The monoisotopic (exact) mass is 583 g/mol. The standard InChI is InChI=1S/C32H37N7O4/c1-32(2,3)43-31(41)39-13-5-7-25(39)29-35-17-24(37-29)19-8-10-21-27(15-19)42-26-11-9-18(14-20(26)30(40)38-21)23-16-34-28(36-23)22-6-4-12-33-22/h8-11,14-16,22,24-25,33H,4-7,12-13,17H2,1-3H3,(H,34,36)(H,35,37)(H,38,40)/t22-,24?,25-/m0/s1. The van der Waals surface area contributed by atoms with Gasteiger partial charge in [0, 0.05) is 12.1 Å². The van der Waals surface area contributed by atoms with Crippen molar-refractivity contribution in [1.82, 2.24) is 25.5 Å². The molecule has 11 heteroatoms. The number of ether oxygens (including phenoxy) is 2. The average Bonchev–Trinajstić information content (AvgIpc) is 3.78. The first-order chi connectivity index (χ1) is 20.7. The maximum absolute atomic E-state index is 13.3. The number of H-pyrrole nitrogens is 1. The third-order valence-corrected chi connectivity index (χ3v) is 8.36. The smallest absolute Gasteiger partial charge is 0.410 e. The van der Waals surface area contributed by atoms with E-state index < -0.39 is 5.60 Å². The first-order valence-electron chi connectivity index (χ1n) is 15.1. The summed E-state index contributed by atoms with van der Waals surface area (Å²) in [6, 6.07) is 11.4. The number of nitrogens with one attached hydrogen (secondary N) is 4. The maximum atomic E-state index is 13.3. The van der Waals surface area contributed by atoms with Crippen LogP contribution in [0.15, 0.2) is 47.6 Å². The lowest BCUT2D eigenvalue weighted by Gasteiger charge is -2.29. The largest absolute Gasteiger partial charge is 0.454 e. The van der Waals surface area contributed by atoms with Gasteiger partial charge in [-0.15, -0.1) is 0 Å². The Morgan fingerprint density at radius 1 is 1.07 bits per heavy atom. The van der Waals surface area contributed by atoms with E-state index in [4.69, 9.17) is 14.5 Å². The van der Waals surface area contributed by atoms with Crippen molar-refractivity contribution in [3.63, 3.8) is 0 Å². The molecule has 0 spiro atoms. The molecule has 3 atom stereocenters. The molecule has 43 heavy (non-hydrogen) atoms. The third-order valence-electron chi connectivity index (χ3n) is 8.36. The highest BCUT2D eigenvalue weighted by Gasteiger charge is 2.38. The van der Waals surface area contributed by atoms with Crippen LogP contribution in [0.4, 0.5) is 10.5 Å². The molecule has 5 heterocycles. The molecular formula is C32H37N7O4. The molecule has 3 aromatic rings. The van der Waals surface area contributed by atoms with Gasteiger partial charge in [0.1, 0.15) is 23.0 Å². The van der Waals surface area contributed by atoms with E-state index in [1.54, 1.807) is 4.90 Å². The SMILES string of the molecule is CC(C)(C)OC(=O)N1CCC[C@H]1C1=NCC(c2ccc3c(c2)Oc2ccc(-c4cnc([C@@H]5CCCN5)[nH]4)cc2C(=O)N3)N1. The van der Waals surface area contributed by atoms with E-state index in [1.165, 1.54) is 0 Å². The molecule has 2 fully saturated rings. The topological polar surface area (TPSA) is 133 Å². The van der Waals surface area contributed by atoms with Gasteiger partial charge in [-0.25, -0.2) is 9.78 Å². The lowest BCUT2D eigenvalue weighted by Crippen LogP contribution is -2.46. The highest BCUT2D eigenvalue weighted by molar-refractivity contribution is 6.08. The van der Waals surface area contributed by atoms with Crippen LogP contribution in [0.3, 0.4) is 0 Å². The lowest BCUT2D eigenvalue weighted by atomic mass is 10.1. The highest BCUT2D eigenvalue weighted by atomic mass is 16.6. The number of nitrogens with zero attached hydrogens (tertiary/aromatic N) is 3. The second-order valence-corrected chi connectivity index (χ2v) is 12.6. The minimum atomic E-state index is -0.551. The normalized spacial score (nSPS) is 23.0. The fraction of sp³-hybridized carbons (Fsp3) is 0.438. The number of rotatable bonds is 4. The zero-order valence-corrected chi connectivity index (χ0v) is 24.7. The quantitative estimate of drug-likeness (QED) is 0.328. The van der Waals surface area contributed by atoms with E-state index in [1.807, 2.05) is 63.4 Å². The zero-order valence-electron chi connectivity index (χ0n) is 24.7. The Morgan fingerprint density at radius 3 is 2.77 bits per heavy atom. The van der Waals surface area contributed by atoms with Crippen molar-refractivity contribution in [3.8, 4) is 22.8 Å². The lowest BCUT2D eigenvalue weighted by molar-refractivity contribution is 0.0264. The Hall–Kier alpha value is -4.38. The Labute approximate surface area is 250 Å². The van der Waals surface area contributed by atoms with E-state index in [2.05, 4.69) is 25.9 Å². The van der Waals surface area contributed by atoms with Gasteiger partial charge in [-0.2, -0.15) is 0 Å². The van der Waals surface area contributed by atoms with Crippen molar-refractivity contribution in [1.29, 1.82) is 0 Å². The molecule has 4 aliphatic rings. The fourth-order valence-corrected chi connectivity index (χ4v) is 6.23. The number of carbonyl (C=O) groups is 2. The van der Waals surface area contributed by atoms with Gasteiger partial charge < -0.3 is 30.4 Å². The van der Waals surface area contributed by atoms with Crippen LogP contribution in [0.1, 0.15) is 80.3 Å². The number of imidazole rings is 1. The predicted molar refractivity (Wildman–Crippen MR) is 163 cm³/mol. The number of benzene rings is 2. The van der Waals surface area contributed by atoms with Crippen molar-refractivity contribution >= 4 is 23.5 Å². The van der Waals surface area contributed by atoms with Gasteiger partial charge in [-0.05, 0) is 88.9 Å². The molecule has 2 amide bonds. The summed E-state index contributed by atoms with van der Waals surface area (Å²) in [6.45, 7) is 7.82. The van der Waals surface area contributed by atoms with Crippen LogP contribution in [0, 0.1) is 0 Å². The van der Waals surface area contributed by atoms with E-state index in [9.17, 15) is 9.59 Å². The van der Waals surface area contributed by atoms with Crippen LogP contribution in [-0.4, -0.2) is 64.0 Å². The number of carbonyl (C=O) groups excluding carboxylic acids is 2. The minimum Gasteiger partial charge on any atom is -0.454 e. The Kier molecular flexibility index (Phi) is 6.84. The molecule has 224 valence electrons. The molecule has 0 radical (unpaired) electrons. The van der Waals surface area contributed by atoms with Gasteiger partial charge in [-0.3, -0.25) is 14.7 Å². The molecule has 11 nitrogen and oxygen atoms in total. The summed E-state index contributed by atoms with van der Waals surface area (Å²) in [4.78, 5) is 40.6. The van der Waals surface area contributed by atoms with Gasteiger partial charge >= 0.3 is 6.09 Å². The van der Waals surface area contributed by atoms with Crippen molar-refractivity contribution in [2.24, 2.45) is 4.99 Å². The number of aliphatic imine (C=N–C) groups is 1. The van der Waals surface area contributed by atoms with Crippen LogP contribution >= 0.6 is 0 Å². The average molecular weight is 584 g/mol. The maximum Gasteiger partial charge on any atom is 0.410 e. The number of aromatic nitrogens is 2. The molecule has 7 rings (SSSR count). The van der Waals surface area contributed by atoms with Crippen LogP contribution in [0.2, 0.25) is 0 Å². The predicted octanol–water partition coefficient (Wildman–Crippen LogP) is 5.30. The number of hydrogen-bond acceptors (Lipinski definition) is 8. The van der Waals surface area contributed by atoms with Gasteiger partial charge in [-0.1, -0.05) is 6.07 Å². The van der Waals surface area contributed by atoms with Crippen LogP contribution in [-0.2, 0) is 4.74 Å². The number of amides is 2. The molecule has 2 aromatic carbocycles. The first kappa shape index (κ1) is 27.5. The summed E-state index contributed by atoms with van der Waals surface area (Å²) in [5, 5.41) is 10.0. The van der Waals surface area contributed by atoms with E-state index in [0.29, 0.717) is 35.8 Å². The van der Waals surface area contributed by atoms with E-state index in [-0.39, 0.29) is 30.1 Å². The summed E-state index contributed by atoms with van der Waals surface area (Å²) in [5.74, 6) is 2.56. The second kappa shape index (κ2) is 10.7. The van der Waals surface area contributed by atoms with Crippen LogP contribution in [0.25, 0.3) is 11.3 Å². The number of aromatic amines is 1. The highest BCUT2D eigenvalue weighted by Crippen LogP contribution is 2.39. The second-order valence-electron chi connectivity index (χ2n) is 12.6. The van der Waals surface area contributed by atoms with E-state index >= 15 is 0 Å². The summed E-state index contributed by atoms with van der Waals surface area (Å²) >= 11 is 0. The summed E-state index contributed by atoms with van der Waals surface area (Å²) in [5.41, 5.74) is 3.23. The minimum absolute atomic E-state index is 0.0743. The summed E-state index contributed by atoms with van der Waals surface area (Å²) < 4.78 is 12.0. The number of likely N-dealkylation sites (tertiary alicyclic amines) is 1. The molecular weight excluding hydrogens is 546 g/mol. The molecule has 1 unspecified atom stereocenters. The molecule has 0 aliphatic carbocycles. The summed E-state index contributed by atoms with van der Waals surface area (Å²) in [7, 11) is 0. The van der Waals surface area contributed by atoms with Crippen molar-refractivity contribution in [2.45, 2.75) is 70.2 Å². The van der Waals surface area contributed by atoms with Crippen LogP contribution in [0.5, 0.6) is 11.5 Å². The van der Waals surface area contributed by atoms with Crippen molar-refractivity contribution < 1.29 is 19.1 Å². The zero-order chi connectivity index (χ0) is 29.7. The van der Waals surface area contributed by atoms with Gasteiger partial charge in [0.15, 0.2) is 5.75 Å².